The van der Waals surface area contributed by atoms with Gasteiger partial charge in [0.15, 0.2) is 11.6 Å². The van der Waals surface area contributed by atoms with Crippen LogP contribution in [0.4, 0.5) is 8.78 Å². The van der Waals surface area contributed by atoms with Gasteiger partial charge >= 0.3 is 0 Å². The Bertz CT molecular complexity index is 703. The fraction of sp³-hybridized carbons (Fsp3) is 0.375. The molecule has 1 aromatic carbocycles. The second-order valence-electron chi connectivity index (χ2n) is 5.15. The molecule has 1 aromatic heterocycles. The molecule has 0 radical (unpaired) electrons. The summed E-state index contributed by atoms with van der Waals surface area (Å²) in [5.41, 5.74) is 0.963. The summed E-state index contributed by atoms with van der Waals surface area (Å²) in [5.74, 6) is -2.14. The smallest absolute Gasteiger partial charge is 0.263 e. The number of aryl methyl sites for hydroxylation is 1. The molecule has 124 valence electrons. The van der Waals surface area contributed by atoms with Crippen LogP contribution in [0, 0.1) is 18.6 Å². The molecule has 0 aliphatic heterocycles. The Balaban J connectivity index is 2.23. The minimum atomic E-state index is -0.949. The van der Waals surface area contributed by atoms with Gasteiger partial charge in [0.25, 0.3) is 5.91 Å². The van der Waals surface area contributed by atoms with Crippen molar-refractivity contribution in [3.05, 3.63) is 40.4 Å². The summed E-state index contributed by atoms with van der Waals surface area (Å²) in [6, 6.07) is 3.42. The van der Waals surface area contributed by atoms with E-state index in [0.717, 1.165) is 23.5 Å². The maximum atomic E-state index is 13.3. The summed E-state index contributed by atoms with van der Waals surface area (Å²) in [6.45, 7) is 3.62. The number of carbonyl (C=O) groups is 1. The quantitative estimate of drug-likeness (QED) is 0.848. The molecule has 1 atom stereocenters. The number of aliphatic hydroxyl groups excluding tert-OH is 1. The van der Waals surface area contributed by atoms with Gasteiger partial charge in [-0.25, -0.2) is 13.8 Å². The Morgan fingerprint density at radius 1 is 1.39 bits per heavy atom. The number of aromatic nitrogens is 1. The lowest BCUT2D eigenvalue weighted by molar-refractivity contribution is 0.0932. The summed E-state index contributed by atoms with van der Waals surface area (Å²) in [7, 11) is 0. The molecule has 0 spiro atoms. The molecule has 0 saturated heterocycles. The molecule has 2 aromatic rings. The standard InChI is InChI=1S/C16H18F2N2O2S/c1-3-11(6-7-21)20-15(22)14-9(2)19-16(23-14)10-4-5-12(17)13(18)8-10/h4-5,8,11,21H,3,6-7H2,1-2H3,(H,20,22). The number of benzene rings is 1. The first-order valence-corrected chi connectivity index (χ1v) is 8.12. The third-order valence-corrected chi connectivity index (χ3v) is 4.68. The van der Waals surface area contributed by atoms with Gasteiger partial charge in [0.2, 0.25) is 0 Å². The average Bonchev–Trinajstić information content (AvgIpc) is 2.91. The number of halogens is 2. The van der Waals surface area contributed by atoms with Crippen LogP contribution in [-0.4, -0.2) is 28.6 Å². The van der Waals surface area contributed by atoms with Crippen molar-refractivity contribution in [1.82, 2.24) is 10.3 Å². The van der Waals surface area contributed by atoms with E-state index in [1.165, 1.54) is 6.07 Å². The number of hydrogen-bond acceptors (Lipinski definition) is 4. The highest BCUT2D eigenvalue weighted by Crippen LogP contribution is 2.29. The van der Waals surface area contributed by atoms with Crippen LogP contribution in [0.3, 0.4) is 0 Å². The van der Waals surface area contributed by atoms with Gasteiger partial charge in [-0.1, -0.05) is 6.92 Å². The molecule has 23 heavy (non-hydrogen) atoms. The second-order valence-corrected chi connectivity index (χ2v) is 6.15. The van der Waals surface area contributed by atoms with E-state index in [1.54, 1.807) is 6.92 Å². The van der Waals surface area contributed by atoms with E-state index in [4.69, 9.17) is 5.11 Å². The molecule has 0 saturated carbocycles. The summed E-state index contributed by atoms with van der Waals surface area (Å²) in [4.78, 5) is 17.0. The lowest BCUT2D eigenvalue weighted by Gasteiger charge is -2.14. The largest absolute Gasteiger partial charge is 0.396 e. The van der Waals surface area contributed by atoms with Crippen molar-refractivity contribution in [3.63, 3.8) is 0 Å². The van der Waals surface area contributed by atoms with Gasteiger partial charge in [0, 0.05) is 18.2 Å². The highest BCUT2D eigenvalue weighted by Gasteiger charge is 2.19. The van der Waals surface area contributed by atoms with E-state index in [9.17, 15) is 13.6 Å². The first-order valence-electron chi connectivity index (χ1n) is 7.30. The third-order valence-electron chi connectivity index (χ3n) is 3.47. The monoisotopic (exact) mass is 340 g/mol. The minimum absolute atomic E-state index is 0.000561. The molecular formula is C16H18F2N2O2S. The molecule has 1 unspecified atom stereocenters. The predicted molar refractivity (Wildman–Crippen MR) is 85.5 cm³/mol. The number of hydrogen-bond donors (Lipinski definition) is 2. The topological polar surface area (TPSA) is 62.2 Å². The SMILES string of the molecule is CCC(CCO)NC(=O)c1sc(-c2ccc(F)c(F)c2)nc1C. The molecule has 2 N–H and O–H groups in total. The van der Waals surface area contributed by atoms with Crippen molar-refractivity contribution in [2.24, 2.45) is 0 Å². The van der Waals surface area contributed by atoms with Crippen molar-refractivity contribution < 1.29 is 18.7 Å². The van der Waals surface area contributed by atoms with Gasteiger partial charge in [-0.15, -0.1) is 11.3 Å². The Kier molecular flexibility index (Phi) is 5.79. The zero-order chi connectivity index (χ0) is 17.0. The molecule has 0 aliphatic rings. The number of carbonyl (C=O) groups excluding carboxylic acids is 1. The minimum Gasteiger partial charge on any atom is -0.396 e. The normalized spacial score (nSPS) is 12.2. The molecular weight excluding hydrogens is 322 g/mol. The van der Waals surface area contributed by atoms with Crippen LogP contribution in [0.5, 0.6) is 0 Å². The Hall–Kier alpha value is -1.86. The summed E-state index contributed by atoms with van der Waals surface area (Å²) < 4.78 is 26.3. The van der Waals surface area contributed by atoms with Gasteiger partial charge in [-0.05, 0) is 38.0 Å². The fourth-order valence-electron chi connectivity index (χ4n) is 2.14. The first-order chi connectivity index (χ1) is 11.0. The molecule has 4 nitrogen and oxygen atoms in total. The molecule has 0 bridgehead atoms. The molecule has 0 fully saturated rings. The van der Waals surface area contributed by atoms with Crippen LogP contribution in [0.25, 0.3) is 10.6 Å². The van der Waals surface area contributed by atoms with Crippen LogP contribution < -0.4 is 5.32 Å². The number of nitrogens with zero attached hydrogens (tertiary/aromatic N) is 1. The third kappa shape index (κ3) is 4.11. The van der Waals surface area contributed by atoms with Gasteiger partial charge in [0.1, 0.15) is 9.88 Å². The maximum absolute atomic E-state index is 13.3. The zero-order valence-corrected chi connectivity index (χ0v) is 13.7. The zero-order valence-electron chi connectivity index (χ0n) is 12.9. The fourth-order valence-corrected chi connectivity index (χ4v) is 3.11. The average molecular weight is 340 g/mol. The molecule has 1 heterocycles. The van der Waals surface area contributed by atoms with Gasteiger partial charge in [-0.3, -0.25) is 4.79 Å². The number of aliphatic hydroxyl groups is 1. The van der Waals surface area contributed by atoms with Crippen molar-refractivity contribution >= 4 is 17.2 Å². The highest BCUT2D eigenvalue weighted by atomic mass is 32.1. The first kappa shape index (κ1) is 17.5. The number of nitrogens with one attached hydrogen (secondary N) is 1. The second kappa shape index (κ2) is 7.61. The van der Waals surface area contributed by atoms with Crippen LogP contribution in [-0.2, 0) is 0 Å². The van der Waals surface area contributed by atoms with Crippen molar-refractivity contribution in [1.29, 1.82) is 0 Å². The molecule has 1 amide bonds. The van der Waals surface area contributed by atoms with E-state index in [2.05, 4.69) is 10.3 Å². The summed E-state index contributed by atoms with van der Waals surface area (Å²) >= 11 is 1.13. The van der Waals surface area contributed by atoms with Crippen molar-refractivity contribution in [2.75, 3.05) is 6.61 Å². The van der Waals surface area contributed by atoms with Crippen LogP contribution in [0.1, 0.15) is 35.1 Å². The maximum Gasteiger partial charge on any atom is 0.263 e. The van der Waals surface area contributed by atoms with Gasteiger partial charge in [0.05, 0.1) is 5.69 Å². The van der Waals surface area contributed by atoms with Crippen LogP contribution in [0.15, 0.2) is 18.2 Å². The lowest BCUT2D eigenvalue weighted by atomic mass is 10.1. The lowest BCUT2D eigenvalue weighted by Crippen LogP contribution is -2.34. The number of amides is 1. The van der Waals surface area contributed by atoms with E-state index in [-0.39, 0.29) is 18.6 Å². The van der Waals surface area contributed by atoms with Crippen LogP contribution >= 0.6 is 11.3 Å². The van der Waals surface area contributed by atoms with E-state index in [0.29, 0.717) is 34.0 Å². The van der Waals surface area contributed by atoms with E-state index < -0.39 is 11.6 Å². The number of rotatable bonds is 6. The molecule has 2 rings (SSSR count). The molecule has 7 heteroatoms. The molecule has 0 aliphatic carbocycles. The highest BCUT2D eigenvalue weighted by molar-refractivity contribution is 7.17. The Labute approximate surface area is 137 Å². The van der Waals surface area contributed by atoms with Gasteiger partial charge < -0.3 is 10.4 Å². The summed E-state index contributed by atoms with van der Waals surface area (Å²) in [6.07, 6.45) is 1.19. The van der Waals surface area contributed by atoms with Gasteiger partial charge in [-0.2, -0.15) is 0 Å². The van der Waals surface area contributed by atoms with Crippen molar-refractivity contribution in [3.8, 4) is 10.6 Å². The number of thiazole rings is 1. The van der Waals surface area contributed by atoms with E-state index in [1.807, 2.05) is 6.92 Å². The Morgan fingerprint density at radius 2 is 2.13 bits per heavy atom. The predicted octanol–water partition coefficient (Wildman–Crippen LogP) is 3.29. The van der Waals surface area contributed by atoms with E-state index >= 15 is 0 Å². The van der Waals surface area contributed by atoms with Crippen molar-refractivity contribution in [2.45, 2.75) is 32.7 Å². The summed E-state index contributed by atoms with van der Waals surface area (Å²) in [5, 5.41) is 12.3. The Morgan fingerprint density at radius 3 is 2.74 bits per heavy atom. The van der Waals surface area contributed by atoms with Crippen LogP contribution in [0.2, 0.25) is 0 Å².